The number of aromatic nitrogens is 8. The van der Waals surface area contributed by atoms with Crippen molar-refractivity contribution in [2.45, 2.75) is 76.3 Å². The van der Waals surface area contributed by atoms with Crippen molar-refractivity contribution in [3.05, 3.63) is 81.4 Å². The van der Waals surface area contributed by atoms with Gasteiger partial charge >= 0.3 is 6.09 Å². The van der Waals surface area contributed by atoms with E-state index < -0.39 is 5.60 Å². The van der Waals surface area contributed by atoms with Crippen LogP contribution in [0.15, 0.2) is 48.5 Å². The number of hydrogen-bond donors (Lipinski definition) is 3. The van der Waals surface area contributed by atoms with E-state index in [0.717, 1.165) is 23.6 Å². The Labute approximate surface area is 295 Å². The van der Waals surface area contributed by atoms with Gasteiger partial charge in [0.2, 0.25) is 0 Å². The van der Waals surface area contributed by atoms with Gasteiger partial charge in [0.15, 0.2) is 11.6 Å². The summed E-state index contributed by atoms with van der Waals surface area (Å²) in [5, 5.41) is 32.7. The molecule has 2 aliphatic heterocycles. The first-order valence-corrected chi connectivity index (χ1v) is 16.2. The molecule has 0 spiro atoms. The minimum Gasteiger partial charge on any atom is -0.444 e. The molecule has 0 aliphatic carbocycles. The molecule has 2 aliphatic rings. The molecule has 2 aromatic carbocycles. The van der Waals surface area contributed by atoms with E-state index in [9.17, 15) is 4.79 Å². The van der Waals surface area contributed by atoms with E-state index in [0.29, 0.717) is 61.7 Å². The third-order valence-corrected chi connectivity index (χ3v) is 8.04. The molecule has 0 saturated carbocycles. The quantitative estimate of drug-likeness (QED) is 0.240. The lowest BCUT2D eigenvalue weighted by Crippen LogP contribution is -2.54. The molecule has 2 fully saturated rings. The zero-order valence-corrected chi connectivity index (χ0v) is 29.3. The first-order valence-electron chi connectivity index (χ1n) is 15.5. The van der Waals surface area contributed by atoms with Crippen molar-refractivity contribution < 1.29 is 19.0 Å². The normalized spacial score (nSPS) is 21.1. The van der Waals surface area contributed by atoms with Gasteiger partial charge < -0.3 is 19.5 Å². The smallest absolute Gasteiger partial charge is 0.410 e. The van der Waals surface area contributed by atoms with Crippen LogP contribution in [0.4, 0.5) is 4.79 Å². The number of amides is 1. The number of nitrogens with one attached hydrogen (secondary N) is 3. The van der Waals surface area contributed by atoms with Crippen LogP contribution in [0.5, 0.6) is 0 Å². The van der Waals surface area contributed by atoms with Crippen LogP contribution in [0.2, 0.25) is 10.0 Å². The number of aromatic amines is 2. The van der Waals surface area contributed by atoms with E-state index in [1.807, 2.05) is 57.2 Å². The topological polar surface area (TPSA) is 169 Å². The molecule has 4 atom stereocenters. The number of nitrogens with zero attached hydrogens (tertiary/aromatic N) is 7. The average Bonchev–Trinajstić information content (AvgIpc) is 3.75. The van der Waals surface area contributed by atoms with E-state index >= 15 is 0 Å². The largest absolute Gasteiger partial charge is 0.444 e. The molecule has 0 radical (unpaired) electrons. The van der Waals surface area contributed by atoms with Crippen molar-refractivity contribution in [3.8, 4) is 0 Å². The number of benzene rings is 2. The molecule has 260 valence electrons. The van der Waals surface area contributed by atoms with Gasteiger partial charge in [-0.2, -0.15) is 10.4 Å². The molecule has 4 heterocycles. The van der Waals surface area contributed by atoms with Crippen molar-refractivity contribution in [3.63, 3.8) is 0 Å². The number of ether oxygens (including phenoxy) is 3. The van der Waals surface area contributed by atoms with Gasteiger partial charge in [0.25, 0.3) is 0 Å². The molecule has 6 rings (SSSR count). The molecule has 48 heavy (non-hydrogen) atoms. The summed E-state index contributed by atoms with van der Waals surface area (Å²) in [6, 6.07) is 15.8. The summed E-state index contributed by atoms with van der Waals surface area (Å²) in [7, 11) is 0. The summed E-state index contributed by atoms with van der Waals surface area (Å²) in [6.45, 7) is 7.87. The van der Waals surface area contributed by atoms with Crippen molar-refractivity contribution in [1.82, 2.24) is 51.5 Å². The van der Waals surface area contributed by atoms with Crippen LogP contribution in [0.1, 0.15) is 43.5 Å². The Morgan fingerprint density at radius 1 is 0.833 bits per heavy atom. The fraction of sp³-hybridized carbons (Fsp3) is 0.516. The molecule has 2 aromatic heterocycles. The van der Waals surface area contributed by atoms with Gasteiger partial charge in [-0.15, -0.1) is 32.8 Å². The molecule has 1 amide bonds. The summed E-state index contributed by atoms with van der Waals surface area (Å²) in [5.41, 5.74) is 1.77. The maximum absolute atomic E-state index is 12.8. The second kappa shape index (κ2) is 17.8. The Morgan fingerprint density at radius 3 is 1.88 bits per heavy atom. The maximum Gasteiger partial charge on any atom is 0.410 e. The standard InChI is InChI=1S/C18H24ClN5O3.C13H16ClN5O.ClH/c1-18(2,3)27-17(25)24-10-15(9-16-20-22-23-21-16)26-11-14(24)8-12-4-6-13(19)7-5-12;14-10-3-1-9(2-4-10)5-11-8-20-12(7-15-11)6-13-16-18-19-17-13;/h4-7,14-15H,8-11H2,1-3H3,(H,20,21,22,23);1-4,11-12,15H,5-8H2,(H,16,17,18,19);1H/t14-,15-;11-,12-;/m00./s1. The molecule has 2 saturated heterocycles. The van der Waals surface area contributed by atoms with E-state index in [1.54, 1.807) is 4.90 Å². The Balaban J connectivity index is 0.000000221. The first kappa shape index (κ1) is 37.4. The number of carbonyl (C=O) groups excluding carboxylic acids is 1. The van der Waals surface area contributed by atoms with Crippen molar-refractivity contribution in [1.29, 1.82) is 0 Å². The van der Waals surface area contributed by atoms with Crippen LogP contribution in [0.3, 0.4) is 0 Å². The van der Waals surface area contributed by atoms with Crippen LogP contribution in [0, 0.1) is 0 Å². The highest BCUT2D eigenvalue weighted by Gasteiger charge is 2.35. The Hall–Kier alpha value is -3.40. The van der Waals surface area contributed by atoms with Crippen molar-refractivity contribution >= 4 is 41.7 Å². The maximum atomic E-state index is 12.8. The lowest BCUT2D eigenvalue weighted by Gasteiger charge is -2.40. The molecule has 0 bridgehead atoms. The fourth-order valence-electron chi connectivity index (χ4n) is 5.27. The number of hydrogen-bond acceptors (Lipinski definition) is 11. The minimum absolute atomic E-state index is 0. The molecule has 0 unspecified atom stereocenters. The minimum atomic E-state index is -0.566. The van der Waals surface area contributed by atoms with E-state index in [1.165, 1.54) is 5.56 Å². The van der Waals surface area contributed by atoms with Gasteiger partial charge in [0, 0.05) is 35.5 Å². The Morgan fingerprint density at radius 2 is 1.38 bits per heavy atom. The summed E-state index contributed by atoms with van der Waals surface area (Å²) < 4.78 is 17.4. The van der Waals surface area contributed by atoms with Gasteiger partial charge in [-0.05, 0) is 69.0 Å². The van der Waals surface area contributed by atoms with Crippen LogP contribution < -0.4 is 5.32 Å². The highest BCUT2D eigenvalue weighted by Crippen LogP contribution is 2.22. The Bertz CT molecular complexity index is 1500. The Kier molecular flexibility index (Phi) is 13.9. The summed E-state index contributed by atoms with van der Waals surface area (Å²) in [6.07, 6.45) is 2.30. The fourth-order valence-corrected chi connectivity index (χ4v) is 5.52. The van der Waals surface area contributed by atoms with Crippen LogP contribution in [-0.2, 0) is 39.9 Å². The number of halogens is 3. The van der Waals surface area contributed by atoms with Crippen molar-refractivity contribution in [2.75, 3.05) is 26.3 Å². The zero-order chi connectivity index (χ0) is 33.2. The first-order chi connectivity index (χ1) is 22.6. The lowest BCUT2D eigenvalue weighted by molar-refractivity contribution is -0.0694. The van der Waals surface area contributed by atoms with Crippen LogP contribution >= 0.6 is 35.6 Å². The second-order valence-electron chi connectivity index (χ2n) is 12.5. The molecular formula is C31H41Cl3N10O4. The van der Waals surface area contributed by atoms with Gasteiger partial charge in [-0.1, -0.05) is 57.9 Å². The lowest BCUT2D eigenvalue weighted by atomic mass is 10.0. The molecule has 14 nitrogen and oxygen atoms in total. The SMILES string of the molecule is CC(C)(C)OC(=O)N1C[C@H](Cc2nn[nH]n2)OC[C@@H]1Cc1ccc(Cl)cc1.Cl.Clc1ccc(C[C@H]2CO[C@@H](Cc3nn[nH]n3)CN2)cc1. The zero-order valence-electron chi connectivity index (χ0n) is 27.0. The van der Waals surface area contributed by atoms with Crippen LogP contribution in [-0.4, -0.2) is 108 Å². The summed E-state index contributed by atoms with van der Waals surface area (Å²) >= 11 is 11.8. The molecule has 3 N–H and O–H groups in total. The number of carbonyl (C=O) groups is 1. The summed E-state index contributed by atoms with van der Waals surface area (Å²) in [5.74, 6) is 1.24. The van der Waals surface area contributed by atoms with Gasteiger partial charge in [-0.3, -0.25) is 4.90 Å². The van der Waals surface area contributed by atoms with E-state index in [2.05, 4.69) is 58.7 Å². The molecule has 4 aromatic rings. The third kappa shape index (κ3) is 11.9. The molecular weight excluding hydrogens is 683 g/mol. The average molecular weight is 724 g/mol. The highest BCUT2D eigenvalue weighted by atomic mass is 35.5. The monoisotopic (exact) mass is 722 g/mol. The third-order valence-electron chi connectivity index (χ3n) is 7.54. The van der Waals surface area contributed by atoms with Gasteiger partial charge in [0.05, 0.1) is 38.0 Å². The predicted octanol–water partition coefficient (Wildman–Crippen LogP) is 4.06. The summed E-state index contributed by atoms with van der Waals surface area (Å²) in [4.78, 5) is 14.5. The number of H-pyrrole nitrogens is 2. The van der Waals surface area contributed by atoms with Gasteiger partial charge in [0.1, 0.15) is 5.60 Å². The van der Waals surface area contributed by atoms with Crippen molar-refractivity contribution in [2.24, 2.45) is 0 Å². The number of rotatable bonds is 8. The van der Waals surface area contributed by atoms with E-state index in [4.69, 9.17) is 37.4 Å². The predicted molar refractivity (Wildman–Crippen MR) is 181 cm³/mol. The number of tetrazole rings is 2. The number of morpholine rings is 2. The highest BCUT2D eigenvalue weighted by molar-refractivity contribution is 6.30. The van der Waals surface area contributed by atoms with Gasteiger partial charge in [-0.25, -0.2) is 4.79 Å². The van der Waals surface area contributed by atoms with E-state index in [-0.39, 0.29) is 36.8 Å². The molecule has 17 heteroatoms. The second-order valence-corrected chi connectivity index (χ2v) is 13.4. The van der Waals surface area contributed by atoms with Crippen LogP contribution in [0.25, 0.3) is 0 Å².